The van der Waals surface area contributed by atoms with E-state index in [9.17, 15) is 9.59 Å². The fraction of sp³-hybridized carbons (Fsp3) is 0.0667. The topological polar surface area (TPSA) is 98.1 Å². The molecule has 128 valence electrons. The second kappa shape index (κ2) is 7.43. The molecule has 0 aliphatic rings. The Kier molecular flexibility index (Phi) is 5.08. The van der Waals surface area contributed by atoms with E-state index in [-0.39, 0.29) is 22.0 Å². The monoisotopic (exact) mass is 377 g/mol. The van der Waals surface area contributed by atoms with Gasteiger partial charge in [-0.3, -0.25) is 19.0 Å². The molecule has 0 aromatic carbocycles. The number of hydrogen-bond donors (Lipinski definition) is 2. The second-order valence-electron chi connectivity index (χ2n) is 4.72. The van der Waals surface area contributed by atoms with Crippen molar-refractivity contribution < 1.29 is 9.63 Å². The number of carbonyl (C=O) groups excluding carboxylic acids is 1. The van der Waals surface area contributed by atoms with Crippen LogP contribution in [0.15, 0.2) is 47.0 Å². The second-order valence-corrected chi connectivity index (χ2v) is 5.98. The molecular formula is C15H12ClN5O3S. The van der Waals surface area contributed by atoms with E-state index in [1.54, 1.807) is 29.9 Å². The summed E-state index contributed by atoms with van der Waals surface area (Å²) in [6.07, 6.45) is 4.52. The number of nitrogens with one attached hydrogen (secondary N) is 2. The van der Waals surface area contributed by atoms with E-state index in [0.717, 1.165) is 0 Å². The molecule has 0 atom stereocenters. The van der Waals surface area contributed by atoms with Gasteiger partial charge in [0.2, 0.25) is 0 Å². The number of halogens is 1. The molecule has 0 spiro atoms. The number of hydroxylamine groups is 1. The maximum absolute atomic E-state index is 12.7. The Morgan fingerprint density at radius 2 is 2.20 bits per heavy atom. The maximum Gasteiger partial charge on any atom is 0.280 e. The largest absolute Gasteiger partial charge is 0.350 e. The predicted octanol–water partition coefficient (Wildman–Crippen LogP) is 2.38. The zero-order chi connectivity index (χ0) is 17.8. The Bertz CT molecular complexity index is 958. The Labute approximate surface area is 151 Å². The molecule has 0 unspecified atom stereocenters. The third-order valence-electron chi connectivity index (χ3n) is 3.15. The van der Waals surface area contributed by atoms with Gasteiger partial charge in [0, 0.05) is 24.0 Å². The van der Waals surface area contributed by atoms with Crippen LogP contribution in [-0.4, -0.2) is 27.6 Å². The van der Waals surface area contributed by atoms with Gasteiger partial charge in [-0.15, -0.1) is 11.3 Å². The summed E-state index contributed by atoms with van der Waals surface area (Å²) in [6.45, 7) is 0. The molecular weight excluding hydrogens is 366 g/mol. The Morgan fingerprint density at radius 3 is 2.92 bits per heavy atom. The highest BCUT2D eigenvalue weighted by molar-refractivity contribution is 7.12. The van der Waals surface area contributed by atoms with Gasteiger partial charge in [0.25, 0.3) is 11.5 Å². The third kappa shape index (κ3) is 3.68. The summed E-state index contributed by atoms with van der Waals surface area (Å²) >= 11 is 7.25. The summed E-state index contributed by atoms with van der Waals surface area (Å²) < 4.78 is 1.41. The number of amides is 1. The number of rotatable bonds is 5. The van der Waals surface area contributed by atoms with Gasteiger partial charge >= 0.3 is 0 Å². The fourth-order valence-electron chi connectivity index (χ4n) is 2.08. The smallest absolute Gasteiger partial charge is 0.280 e. The van der Waals surface area contributed by atoms with Crippen LogP contribution in [0.4, 0.5) is 11.4 Å². The number of anilines is 2. The van der Waals surface area contributed by atoms with Gasteiger partial charge in [-0.2, -0.15) is 0 Å². The molecule has 0 radical (unpaired) electrons. The lowest BCUT2D eigenvalue weighted by atomic mass is 10.2. The van der Waals surface area contributed by atoms with Crippen molar-refractivity contribution in [1.29, 1.82) is 0 Å². The van der Waals surface area contributed by atoms with Crippen LogP contribution in [-0.2, 0) is 4.84 Å². The van der Waals surface area contributed by atoms with Crippen molar-refractivity contribution in [2.24, 2.45) is 0 Å². The summed E-state index contributed by atoms with van der Waals surface area (Å²) in [5.74, 6) is -0.523. The number of nitrogens with zero attached hydrogens (tertiary/aromatic N) is 3. The first-order chi connectivity index (χ1) is 12.1. The van der Waals surface area contributed by atoms with Crippen LogP contribution < -0.4 is 16.4 Å². The van der Waals surface area contributed by atoms with Crippen molar-refractivity contribution in [3.8, 4) is 5.13 Å². The highest BCUT2D eigenvalue weighted by atomic mass is 35.5. The van der Waals surface area contributed by atoms with Gasteiger partial charge in [-0.1, -0.05) is 11.6 Å². The molecule has 0 aliphatic heterocycles. The minimum Gasteiger partial charge on any atom is -0.350 e. The number of hydrogen-bond acceptors (Lipinski definition) is 7. The van der Waals surface area contributed by atoms with Crippen molar-refractivity contribution in [3.05, 3.63) is 63.2 Å². The molecule has 0 aliphatic carbocycles. The van der Waals surface area contributed by atoms with E-state index in [0.29, 0.717) is 10.8 Å². The Hall–Kier alpha value is -2.75. The average Bonchev–Trinajstić information content (AvgIpc) is 3.11. The molecule has 0 bridgehead atoms. The lowest BCUT2D eigenvalue weighted by molar-refractivity contribution is 0.0538. The van der Waals surface area contributed by atoms with Crippen LogP contribution in [0.5, 0.6) is 0 Å². The van der Waals surface area contributed by atoms with Gasteiger partial charge in [0.15, 0.2) is 5.13 Å². The quantitative estimate of drug-likeness (QED) is 0.523. The minimum absolute atomic E-state index is 0.174. The predicted molar refractivity (Wildman–Crippen MR) is 94.7 cm³/mol. The van der Waals surface area contributed by atoms with Crippen LogP contribution in [0.25, 0.3) is 5.13 Å². The summed E-state index contributed by atoms with van der Waals surface area (Å²) in [6, 6.07) is 4.74. The Balaban J connectivity index is 2.01. The summed E-state index contributed by atoms with van der Waals surface area (Å²) in [5, 5.41) is 5.42. The van der Waals surface area contributed by atoms with E-state index in [4.69, 9.17) is 11.6 Å². The van der Waals surface area contributed by atoms with Gasteiger partial charge in [-0.25, -0.2) is 15.4 Å². The molecule has 10 heteroatoms. The van der Waals surface area contributed by atoms with Gasteiger partial charge < -0.3 is 5.32 Å². The normalized spacial score (nSPS) is 10.5. The molecule has 2 N–H and O–H groups in total. The highest BCUT2D eigenvalue weighted by Gasteiger charge is 2.15. The van der Waals surface area contributed by atoms with Gasteiger partial charge in [-0.05, 0) is 18.2 Å². The first kappa shape index (κ1) is 17.1. The van der Waals surface area contributed by atoms with Gasteiger partial charge in [0.05, 0.1) is 18.4 Å². The molecule has 0 saturated carbocycles. The number of carbonyl (C=O) groups is 1. The molecule has 3 aromatic heterocycles. The zero-order valence-corrected chi connectivity index (χ0v) is 14.5. The number of thiazole rings is 1. The minimum atomic E-state index is -0.523. The lowest BCUT2D eigenvalue weighted by Gasteiger charge is -2.12. The zero-order valence-electron chi connectivity index (χ0n) is 12.9. The Morgan fingerprint density at radius 1 is 1.36 bits per heavy atom. The molecule has 8 nitrogen and oxygen atoms in total. The van der Waals surface area contributed by atoms with Crippen molar-refractivity contribution in [1.82, 2.24) is 20.0 Å². The van der Waals surface area contributed by atoms with E-state index < -0.39 is 5.91 Å². The third-order valence-corrected chi connectivity index (χ3v) is 4.13. The molecule has 3 heterocycles. The van der Waals surface area contributed by atoms with Crippen LogP contribution in [0.2, 0.25) is 5.15 Å². The average molecular weight is 378 g/mol. The molecule has 3 rings (SSSR count). The highest BCUT2D eigenvalue weighted by Crippen LogP contribution is 2.22. The van der Waals surface area contributed by atoms with Crippen LogP contribution >= 0.6 is 22.9 Å². The SMILES string of the molecule is CONC(=O)c1cnc(Cl)cc1Nc1cccn(-c2nccs2)c1=O. The summed E-state index contributed by atoms with van der Waals surface area (Å²) in [4.78, 5) is 37.3. The van der Waals surface area contributed by atoms with Crippen LogP contribution in [0, 0.1) is 0 Å². The number of pyridine rings is 2. The van der Waals surface area contributed by atoms with Crippen molar-refractivity contribution in [3.63, 3.8) is 0 Å². The van der Waals surface area contributed by atoms with E-state index in [2.05, 4.69) is 25.6 Å². The molecule has 1 amide bonds. The summed E-state index contributed by atoms with van der Waals surface area (Å²) in [7, 11) is 1.32. The molecule has 3 aromatic rings. The fourth-order valence-corrected chi connectivity index (χ4v) is 2.86. The van der Waals surface area contributed by atoms with Gasteiger partial charge in [0.1, 0.15) is 10.8 Å². The van der Waals surface area contributed by atoms with E-state index >= 15 is 0 Å². The molecule has 0 fully saturated rings. The number of aromatic nitrogens is 3. The standard InChI is InChI=1S/C15H12ClN5O3S/c1-24-20-13(22)9-8-18-12(16)7-11(9)19-10-3-2-5-21(14(10)23)15-17-4-6-25-15/h2-8H,1H3,(H,18,19)(H,20,22). The van der Waals surface area contributed by atoms with Crippen molar-refractivity contribution in [2.45, 2.75) is 0 Å². The van der Waals surface area contributed by atoms with Crippen molar-refractivity contribution >= 4 is 40.2 Å². The molecule has 0 saturated heterocycles. The maximum atomic E-state index is 12.7. The van der Waals surface area contributed by atoms with Crippen molar-refractivity contribution in [2.75, 3.05) is 12.4 Å². The lowest BCUT2D eigenvalue weighted by Crippen LogP contribution is -2.24. The first-order valence-corrected chi connectivity index (χ1v) is 8.23. The van der Waals surface area contributed by atoms with Crippen LogP contribution in [0.3, 0.4) is 0 Å². The molecule has 25 heavy (non-hydrogen) atoms. The summed E-state index contributed by atoms with van der Waals surface area (Å²) in [5.41, 5.74) is 2.64. The van der Waals surface area contributed by atoms with Crippen LogP contribution in [0.1, 0.15) is 10.4 Å². The first-order valence-electron chi connectivity index (χ1n) is 6.97. The van der Waals surface area contributed by atoms with E-state index in [1.807, 2.05) is 0 Å². The van der Waals surface area contributed by atoms with E-state index in [1.165, 1.54) is 35.3 Å².